The lowest BCUT2D eigenvalue weighted by Crippen LogP contribution is -2.51. The maximum atomic E-state index is 12.7. The summed E-state index contributed by atoms with van der Waals surface area (Å²) in [6.07, 6.45) is 17.3. The summed E-state index contributed by atoms with van der Waals surface area (Å²) in [5, 5.41) is 11.8. The number of alkyl carbamates (subject to hydrolysis) is 1. The van der Waals surface area contributed by atoms with Crippen molar-refractivity contribution in [1.29, 1.82) is 5.26 Å². The first-order valence-corrected chi connectivity index (χ1v) is 24.0. The zero-order chi connectivity index (χ0) is 41.4. The van der Waals surface area contributed by atoms with E-state index in [1.807, 2.05) is 0 Å². The second kappa shape index (κ2) is 24.2. The summed E-state index contributed by atoms with van der Waals surface area (Å²) in [5.41, 5.74) is 2.33. The molecule has 4 aliphatic carbocycles. The predicted octanol–water partition coefficient (Wildman–Crippen LogP) is 10.9. The first-order valence-electron chi connectivity index (χ1n) is 22.9. The van der Waals surface area contributed by atoms with Gasteiger partial charge in [-0.25, -0.2) is 9.46 Å². The third-order valence-electron chi connectivity index (χ3n) is 14.1. The molecule has 3 saturated carbocycles. The summed E-state index contributed by atoms with van der Waals surface area (Å²) in [7, 11) is -1.25. The highest BCUT2D eigenvalue weighted by Gasteiger charge is 2.59. The number of nitrogens with zero attached hydrogens (tertiary/aromatic N) is 2. The second-order valence-corrected chi connectivity index (χ2v) is 20.5. The van der Waals surface area contributed by atoms with Crippen LogP contribution >= 0.6 is 8.53 Å². The molecule has 0 bridgehead atoms. The van der Waals surface area contributed by atoms with E-state index >= 15 is 0 Å². The Morgan fingerprint density at radius 1 is 0.842 bits per heavy atom. The van der Waals surface area contributed by atoms with Gasteiger partial charge in [0.1, 0.15) is 6.10 Å². The highest BCUT2D eigenvalue weighted by molar-refractivity contribution is 7.44. The van der Waals surface area contributed by atoms with E-state index in [1.54, 1.807) is 5.57 Å². The van der Waals surface area contributed by atoms with Crippen LogP contribution in [0, 0.1) is 57.7 Å². The number of carbonyl (C=O) groups excluding carboxylic acids is 1. The maximum absolute atomic E-state index is 12.7. The Hall–Kier alpha value is -1.31. The topological polar surface area (TPSA) is 112 Å². The van der Waals surface area contributed by atoms with Gasteiger partial charge in [0.25, 0.3) is 8.53 Å². The van der Waals surface area contributed by atoms with E-state index in [2.05, 4.69) is 84.4 Å². The van der Waals surface area contributed by atoms with E-state index < -0.39 is 8.53 Å². The fourth-order valence-corrected chi connectivity index (χ4v) is 12.9. The van der Waals surface area contributed by atoms with E-state index in [1.165, 1.54) is 51.4 Å². The average Bonchev–Trinajstić information content (AvgIpc) is 3.52. The van der Waals surface area contributed by atoms with Crippen molar-refractivity contribution in [3.63, 3.8) is 0 Å². The maximum Gasteiger partial charge on any atom is 0.407 e. The fraction of sp³-hybridized carbons (Fsp3) is 0.913. The van der Waals surface area contributed by atoms with E-state index in [0.717, 1.165) is 61.2 Å². The monoisotopic (exact) mass is 820 g/mol. The molecule has 11 heteroatoms. The van der Waals surface area contributed by atoms with Gasteiger partial charge in [-0.3, -0.25) is 0 Å². The van der Waals surface area contributed by atoms with Crippen LogP contribution in [-0.2, 0) is 28.0 Å². The van der Waals surface area contributed by atoms with Crippen LogP contribution in [0.3, 0.4) is 0 Å². The molecular weight excluding hydrogens is 737 g/mol. The number of nitrogens with one attached hydrogen (secondary N) is 1. The molecule has 57 heavy (non-hydrogen) atoms. The first-order chi connectivity index (χ1) is 27.3. The van der Waals surface area contributed by atoms with Gasteiger partial charge in [0, 0.05) is 31.7 Å². The molecule has 10 nitrogen and oxygen atoms in total. The zero-order valence-corrected chi connectivity index (χ0v) is 38.4. The van der Waals surface area contributed by atoms with Gasteiger partial charge >= 0.3 is 6.09 Å². The van der Waals surface area contributed by atoms with Crippen molar-refractivity contribution < 1.29 is 32.8 Å². The highest BCUT2D eigenvalue weighted by atomic mass is 31.2. The Morgan fingerprint density at radius 2 is 1.51 bits per heavy atom. The summed E-state index contributed by atoms with van der Waals surface area (Å²) >= 11 is 0. The fourth-order valence-electron chi connectivity index (χ4n) is 11.3. The predicted molar refractivity (Wildman–Crippen MR) is 230 cm³/mol. The molecular formula is C46H82N3O7P. The standard InChI is InChI=1S/C46H82N3O7P/c1-34(2)13-10-14-37(7)41-17-18-42-40-16-15-38-33-39(19-21-45(38,8)43(40)20-22-46(41,42)9)56-44(50)48-24-12-25-51-27-28-52-29-30-53-31-32-55-57(54-26-11-23-47)49(35(3)4)36(5)6/h15,34-37,39-43H,10-14,16-22,24-33H2,1-9H3,(H,48,50)/t37-,39?,40?,41?,42?,43?,45+,46-,57?/m1/s1. The lowest BCUT2D eigenvalue weighted by Gasteiger charge is -2.58. The lowest BCUT2D eigenvalue weighted by atomic mass is 9.47. The number of carbonyl (C=O) groups is 1. The number of allylic oxidation sites excluding steroid dienone is 1. The molecule has 4 aliphatic rings. The van der Waals surface area contributed by atoms with E-state index in [9.17, 15) is 4.79 Å². The van der Waals surface area contributed by atoms with Crippen molar-refractivity contribution >= 4 is 14.6 Å². The second-order valence-electron chi connectivity index (χ2n) is 19.1. The van der Waals surface area contributed by atoms with Gasteiger partial charge in [-0.05, 0) is 125 Å². The third kappa shape index (κ3) is 13.9. The molecule has 0 aromatic rings. The van der Waals surface area contributed by atoms with E-state index in [-0.39, 0.29) is 29.7 Å². The Morgan fingerprint density at radius 3 is 2.18 bits per heavy atom. The molecule has 3 fully saturated rings. The SMILES string of the molecule is CC(C)CCC[C@@H](C)C1CCC2C3CC=C4CC(OC(=O)NCCCOCCOCCOCCOP(OCCC#N)N(C(C)C)C(C)C)CC[C@]4(C)C3CC[C@@]21C. The van der Waals surface area contributed by atoms with Gasteiger partial charge < -0.3 is 33.3 Å². The smallest absolute Gasteiger partial charge is 0.407 e. The number of amides is 1. The molecule has 1 N–H and O–H groups in total. The van der Waals surface area contributed by atoms with Crippen molar-refractivity contribution in [2.24, 2.45) is 46.3 Å². The van der Waals surface area contributed by atoms with Gasteiger partial charge in [-0.2, -0.15) is 5.26 Å². The van der Waals surface area contributed by atoms with Gasteiger partial charge in [-0.1, -0.05) is 65.5 Å². The molecule has 0 heterocycles. The minimum atomic E-state index is -1.25. The average molecular weight is 820 g/mol. The van der Waals surface area contributed by atoms with Crippen molar-refractivity contribution in [2.45, 2.75) is 164 Å². The largest absolute Gasteiger partial charge is 0.446 e. The molecule has 0 aromatic heterocycles. The summed E-state index contributed by atoms with van der Waals surface area (Å²) in [4.78, 5) is 12.7. The van der Waals surface area contributed by atoms with Crippen molar-refractivity contribution in [1.82, 2.24) is 9.99 Å². The van der Waals surface area contributed by atoms with Gasteiger partial charge in [-0.15, -0.1) is 0 Å². The number of rotatable bonds is 26. The summed E-state index contributed by atoms with van der Waals surface area (Å²) in [6.45, 7) is 25.2. The van der Waals surface area contributed by atoms with Crippen molar-refractivity contribution in [2.75, 3.05) is 59.4 Å². The van der Waals surface area contributed by atoms with Crippen LogP contribution in [0.2, 0.25) is 0 Å². The minimum Gasteiger partial charge on any atom is -0.446 e. The molecule has 328 valence electrons. The molecule has 6 unspecified atom stereocenters. The number of hydrogen-bond donors (Lipinski definition) is 1. The van der Waals surface area contributed by atoms with Crippen LogP contribution in [0.5, 0.6) is 0 Å². The summed E-state index contributed by atoms with van der Waals surface area (Å²) < 4.78 is 37.1. The van der Waals surface area contributed by atoms with Gasteiger partial charge in [0.05, 0.1) is 58.7 Å². The molecule has 1 amide bonds. The minimum absolute atomic E-state index is 0.0331. The molecule has 0 aliphatic heterocycles. The van der Waals surface area contributed by atoms with Crippen LogP contribution in [0.25, 0.3) is 0 Å². The molecule has 0 aromatic carbocycles. The molecule has 0 saturated heterocycles. The highest BCUT2D eigenvalue weighted by Crippen LogP contribution is 2.67. The van der Waals surface area contributed by atoms with E-state index in [0.29, 0.717) is 71.2 Å². The van der Waals surface area contributed by atoms with Crippen LogP contribution < -0.4 is 5.32 Å². The number of nitriles is 1. The first kappa shape index (κ1) is 48.4. The van der Waals surface area contributed by atoms with Gasteiger partial charge in [0.15, 0.2) is 0 Å². The van der Waals surface area contributed by atoms with Crippen LogP contribution in [-0.4, -0.2) is 88.4 Å². The Kier molecular flexibility index (Phi) is 20.5. The van der Waals surface area contributed by atoms with Crippen LogP contribution in [0.1, 0.15) is 146 Å². The molecule has 9 atom stereocenters. The number of fused-ring (bicyclic) bond motifs is 5. The summed E-state index contributed by atoms with van der Waals surface area (Å²) in [6, 6.07) is 2.65. The number of hydrogen-bond acceptors (Lipinski definition) is 9. The van der Waals surface area contributed by atoms with E-state index in [4.69, 9.17) is 33.3 Å². The lowest BCUT2D eigenvalue weighted by molar-refractivity contribution is -0.0581. The Labute approximate surface area is 349 Å². The van der Waals surface area contributed by atoms with Crippen LogP contribution in [0.15, 0.2) is 11.6 Å². The molecule has 0 radical (unpaired) electrons. The van der Waals surface area contributed by atoms with Gasteiger partial charge in [0.2, 0.25) is 0 Å². The summed E-state index contributed by atoms with van der Waals surface area (Å²) in [5.74, 6) is 5.01. The number of ether oxygens (including phenoxy) is 4. The van der Waals surface area contributed by atoms with Crippen molar-refractivity contribution in [3.05, 3.63) is 11.6 Å². The van der Waals surface area contributed by atoms with Crippen LogP contribution in [0.4, 0.5) is 4.79 Å². The van der Waals surface area contributed by atoms with Crippen molar-refractivity contribution in [3.8, 4) is 6.07 Å². The molecule has 4 rings (SSSR count). The third-order valence-corrected chi connectivity index (χ3v) is 16.2. The Balaban J connectivity index is 1.04. The quantitative estimate of drug-likeness (QED) is 0.0518. The molecule has 0 spiro atoms. The normalized spacial score (nSPS) is 29.5. The Bertz CT molecular complexity index is 1250. The zero-order valence-electron chi connectivity index (χ0n) is 37.5.